The molecule has 100 valence electrons. The van der Waals surface area contributed by atoms with E-state index in [9.17, 15) is 4.79 Å². The number of methoxy groups -OCH3 is 1. The minimum absolute atomic E-state index is 0.202. The quantitative estimate of drug-likeness (QED) is 0.575. The van der Waals surface area contributed by atoms with Gasteiger partial charge < -0.3 is 20.5 Å². The molecule has 0 saturated heterocycles. The zero-order valence-electron chi connectivity index (χ0n) is 10.3. The summed E-state index contributed by atoms with van der Waals surface area (Å²) in [6, 6.07) is 0. The number of hydrogen-bond acceptors (Lipinski definition) is 7. The van der Waals surface area contributed by atoms with Crippen molar-refractivity contribution in [1.29, 1.82) is 0 Å². The van der Waals surface area contributed by atoms with Crippen LogP contribution in [0.2, 0.25) is 0 Å². The summed E-state index contributed by atoms with van der Waals surface area (Å²) in [7, 11) is 1.32. The number of esters is 1. The fourth-order valence-corrected chi connectivity index (χ4v) is 2.22. The van der Waals surface area contributed by atoms with Gasteiger partial charge >= 0.3 is 5.97 Å². The van der Waals surface area contributed by atoms with Crippen molar-refractivity contribution in [1.82, 2.24) is 4.37 Å². The fraction of sp³-hybridized carbons (Fsp3) is 0.636. The van der Waals surface area contributed by atoms with Gasteiger partial charge in [-0.3, -0.25) is 0 Å². The number of hydrogen-bond donors (Lipinski definition) is 2. The molecule has 0 atom stereocenters. The summed E-state index contributed by atoms with van der Waals surface area (Å²) in [4.78, 5) is 11.5. The topological polar surface area (TPSA) is 86.5 Å². The van der Waals surface area contributed by atoms with E-state index in [4.69, 9.17) is 10.5 Å². The van der Waals surface area contributed by atoms with Gasteiger partial charge in [0.2, 0.25) is 0 Å². The number of nitrogens with one attached hydrogen (secondary N) is 1. The molecule has 2 rings (SSSR count). The largest absolute Gasteiger partial charge is 0.465 e. The molecule has 0 aromatic carbocycles. The highest BCUT2D eigenvalue weighted by Crippen LogP contribution is 2.29. The monoisotopic (exact) mass is 271 g/mol. The molecule has 1 saturated carbocycles. The van der Waals surface area contributed by atoms with E-state index in [1.165, 1.54) is 20.0 Å². The maximum atomic E-state index is 11.5. The van der Waals surface area contributed by atoms with Crippen molar-refractivity contribution in [3.05, 3.63) is 5.56 Å². The Kier molecular flexibility index (Phi) is 4.38. The lowest BCUT2D eigenvalue weighted by Gasteiger charge is -2.06. The highest BCUT2D eigenvalue weighted by atomic mass is 32.1. The van der Waals surface area contributed by atoms with Gasteiger partial charge in [-0.2, -0.15) is 4.37 Å². The van der Waals surface area contributed by atoms with Crippen LogP contribution in [0.5, 0.6) is 0 Å². The molecule has 0 spiro atoms. The normalized spacial score (nSPS) is 14.5. The van der Waals surface area contributed by atoms with E-state index in [2.05, 4.69) is 14.4 Å². The zero-order chi connectivity index (χ0) is 13.0. The molecule has 3 N–H and O–H groups in total. The number of carbonyl (C=O) groups is 1. The Balaban J connectivity index is 1.78. The van der Waals surface area contributed by atoms with Gasteiger partial charge in [0.1, 0.15) is 10.6 Å². The van der Waals surface area contributed by atoms with Crippen LogP contribution in [0.3, 0.4) is 0 Å². The fourth-order valence-electron chi connectivity index (χ4n) is 1.49. The third-order valence-corrected chi connectivity index (χ3v) is 3.51. The SMILES string of the molecule is COC(=O)c1c(N)nsc1NCCOCC1CC1. The maximum absolute atomic E-state index is 11.5. The minimum atomic E-state index is -0.470. The minimum Gasteiger partial charge on any atom is -0.465 e. The van der Waals surface area contributed by atoms with Gasteiger partial charge in [0.05, 0.1) is 13.7 Å². The number of rotatable bonds is 7. The van der Waals surface area contributed by atoms with Crippen molar-refractivity contribution in [3.63, 3.8) is 0 Å². The average Bonchev–Trinajstić information content (AvgIpc) is 3.12. The lowest BCUT2D eigenvalue weighted by Crippen LogP contribution is -2.13. The standard InChI is InChI=1S/C11H17N3O3S/c1-16-11(15)8-9(12)14-18-10(8)13-4-5-17-6-7-2-3-7/h7,13H,2-6H2,1H3,(H2,12,14). The number of carbonyl (C=O) groups excluding carboxylic acids is 1. The van der Waals surface area contributed by atoms with Crippen LogP contribution in [0.25, 0.3) is 0 Å². The summed E-state index contributed by atoms with van der Waals surface area (Å²) in [5.74, 6) is 0.491. The summed E-state index contributed by atoms with van der Waals surface area (Å²) in [6.45, 7) is 2.06. The van der Waals surface area contributed by atoms with Crippen molar-refractivity contribution >= 4 is 28.3 Å². The van der Waals surface area contributed by atoms with Crippen LogP contribution < -0.4 is 11.1 Å². The van der Waals surface area contributed by atoms with Crippen LogP contribution >= 0.6 is 11.5 Å². The van der Waals surface area contributed by atoms with E-state index in [-0.39, 0.29) is 5.82 Å². The van der Waals surface area contributed by atoms with Crippen LogP contribution in [-0.2, 0) is 9.47 Å². The highest BCUT2D eigenvalue weighted by molar-refractivity contribution is 7.11. The Morgan fingerprint density at radius 1 is 1.61 bits per heavy atom. The second kappa shape index (κ2) is 6.01. The Hall–Kier alpha value is -1.34. The predicted octanol–water partition coefficient (Wildman–Crippen LogP) is 1.35. The Morgan fingerprint density at radius 3 is 3.06 bits per heavy atom. The third kappa shape index (κ3) is 3.33. The van der Waals surface area contributed by atoms with Crippen molar-refractivity contribution in [2.75, 3.05) is 37.9 Å². The number of nitrogens with zero attached hydrogens (tertiary/aromatic N) is 1. The molecule has 18 heavy (non-hydrogen) atoms. The third-order valence-electron chi connectivity index (χ3n) is 2.69. The van der Waals surface area contributed by atoms with Gasteiger partial charge in [0, 0.05) is 13.2 Å². The number of nitrogens with two attached hydrogens (primary N) is 1. The van der Waals surface area contributed by atoms with E-state index in [1.807, 2.05) is 0 Å². The second-order valence-electron chi connectivity index (χ2n) is 4.21. The van der Waals surface area contributed by atoms with Crippen molar-refractivity contribution in [2.24, 2.45) is 5.92 Å². The number of nitrogen functional groups attached to an aromatic ring is 1. The molecule has 0 unspecified atom stereocenters. The van der Waals surface area contributed by atoms with Gasteiger partial charge in [-0.05, 0) is 30.3 Å². The van der Waals surface area contributed by atoms with Gasteiger partial charge in [-0.25, -0.2) is 4.79 Å². The summed E-state index contributed by atoms with van der Waals surface area (Å²) >= 11 is 1.15. The van der Waals surface area contributed by atoms with E-state index in [0.717, 1.165) is 24.1 Å². The molecule has 1 heterocycles. The molecule has 1 aromatic rings. The zero-order valence-corrected chi connectivity index (χ0v) is 11.1. The van der Waals surface area contributed by atoms with Gasteiger partial charge in [0.15, 0.2) is 5.82 Å². The van der Waals surface area contributed by atoms with E-state index >= 15 is 0 Å². The molecule has 1 aliphatic carbocycles. The van der Waals surface area contributed by atoms with E-state index in [0.29, 0.717) is 23.7 Å². The number of aromatic nitrogens is 1. The first kappa shape index (κ1) is 13.1. The molecular formula is C11H17N3O3S. The van der Waals surface area contributed by atoms with Crippen LogP contribution in [-0.4, -0.2) is 37.2 Å². The van der Waals surface area contributed by atoms with Crippen LogP contribution in [0.15, 0.2) is 0 Å². The molecule has 1 aromatic heterocycles. The average molecular weight is 271 g/mol. The lowest BCUT2D eigenvalue weighted by atomic mass is 10.3. The Bertz CT molecular complexity index is 418. The van der Waals surface area contributed by atoms with Crippen molar-refractivity contribution < 1.29 is 14.3 Å². The molecule has 7 heteroatoms. The summed E-state index contributed by atoms with van der Waals surface area (Å²) < 4.78 is 14.1. The molecule has 1 aliphatic rings. The molecule has 6 nitrogen and oxygen atoms in total. The first-order chi connectivity index (χ1) is 8.72. The van der Waals surface area contributed by atoms with Crippen molar-refractivity contribution in [2.45, 2.75) is 12.8 Å². The van der Waals surface area contributed by atoms with Crippen LogP contribution in [0, 0.1) is 5.92 Å². The van der Waals surface area contributed by atoms with Crippen LogP contribution in [0.4, 0.5) is 10.8 Å². The van der Waals surface area contributed by atoms with E-state index in [1.54, 1.807) is 0 Å². The van der Waals surface area contributed by atoms with Gasteiger partial charge in [-0.1, -0.05) is 0 Å². The Labute approximate surface area is 110 Å². The number of anilines is 2. The first-order valence-electron chi connectivity index (χ1n) is 5.87. The summed E-state index contributed by atoms with van der Waals surface area (Å²) in [6.07, 6.45) is 2.57. The van der Waals surface area contributed by atoms with Gasteiger partial charge in [0.25, 0.3) is 0 Å². The maximum Gasteiger partial charge on any atom is 0.344 e. The molecular weight excluding hydrogens is 254 g/mol. The highest BCUT2D eigenvalue weighted by Gasteiger charge is 2.21. The second-order valence-corrected chi connectivity index (χ2v) is 4.98. The molecule has 0 amide bonds. The summed E-state index contributed by atoms with van der Waals surface area (Å²) in [5, 5.41) is 3.73. The molecule has 0 radical (unpaired) electrons. The summed E-state index contributed by atoms with van der Waals surface area (Å²) in [5.41, 5.74) is 5.93. The number of ether oxygens (including phenoxy) is 2. The van der Waals surface area contributed by atoms with Gasteiger partial charge in [-0.15, -0.1) is 0 Å². The lowest BCUT2D eigenvalue weighted by molar-refractivity contribution is 0.0603. The smallest absolute Gasteiger partial charge is 0.344 e. The Morgan fingerprint density at radius 2 is 2.39 bits per heavy atom. The molecule has 0 bridgehead atoms. The molecule has 0 aliphatic heterocycles. The predicted molar refractivity (Wildman–Crippen MR) is 69.9 cm³/mol. The van der Waals surface area contributed by atoms with E-state index < -0.39 is 5.97 Å². The van der Waals surface area contributed by atoms with Crippen molar-refractivity contribution in [3.8, 4) is 0 Å². The first-order valence-corrected chi connectivity index (χ1v) is 6.64. The van der Waals surface area contributed by atoms with Crippen LogP contribution in [0.1, 0.15) is 23.2 Å². The molecule has 1 fully saturated rings.